The third kappa shape index (κ3) is 5.46. The van der Waals surface area contributed by atoms with Gasteiger partial charge >= 0.3 is 12.2 Å². The van der Waals surface area contributed by atoms with Gasteiger partial charge in [0.1, 0.15) is 11.9 Å². The van der Waals surface area contributed by atoms with E-state index in [0.29, 0.717) is 43.0 Å². The number of nitrogens with one attached hydrogen (secondary N) is 2. The number of Topliss-reactive ketones (excluding diaryl/α,β-unsaturated/α-hetero) is 1. The molecule has 2 saturated carbocycles. The molecule has 2 fully saturated rings. The molecule has 9 heteroatoms. The SMILES string of the molecule is CCNC(=O)ON=Cc1cccc(NC(=O)O[C@H]2C[C@]3(C)[C@@H](C(C)=O)CC[C@H]3[C@@H]3C=CC4=CC(=O)CC[C@@]4(C)[C@@H]32)c1. The summed E-state index contributed by atoms with van der Waals surface area (Å²) in [4.78, 5) is 54.6. The van der Waals surface area contributed by atoms with Crippen molar-refractivity contribution >= 4 is 35.7 Å². The number of ether oxygens (including phenoxy) is 1. The van der Waals surface area contributed by atoms with Crippen LogP contribution < -0.4 is 10.6 Å². The van der Waals surface area contributed by atoms with Gasteiger partial charge in [0.25, 0.3) is 0 Å². The van der Waals surface area contributed by atoms with Crippen molar-refractivity contribution in [1.82, 2.24) is 5.32 Å². The number of amides is 2. The van der Waals surface area contributed by atoms with Gasteiger partial charge in [0.2, 0.25) is 0 Å². The van der Waals surface area contributed by atoms with Crippen LogP contribution in [0.25, 0.3) is 0 Å². The van der Waals surface area contributed by atoms with E-state index in [-0.39, 0.29) is 40.2 Å². The molecule has 1 aromatic carbocycles. The van der Waals surface area contributed by atoms with Crippen LogP contribution in [0.4, 0.5) is 15.3 Å². The highest BCUT2D eigenvalue weighted by Crippen LogP contribution is 2.65. The normalized spacial score (nSPS) is 33.7. The summed E-state index contributed by atoms with van der Waals surface area (Å²) in [5.41, 5.74) is 1.58. The zero-order chi connectivity index (χ0) is 29.4. The number of carbonyl (C=O) groups excluding carboxylic acids is 4. The lowest BCUT2D eigenvalue weighted by atomic mass is 9.47. The van der Waals surface area contributed by atoms with Crippen LogP contribution in [0.3, 0.4) is 0 Å². The Morgan fingerprint density at radius 2 is 1.98 bits per heavy atom. The first-order valence-electron chi connectivity index (χ1n) is 14.5. The summed E-state index contributed by atoms with van der Waals surface area (Å²) in [6, 6.07) is 6.97. The Kier molecular flexibility index (Phi) is 7.90. The summed E-state index contributed by atoms with van der Waals surface area (Å²) in [5, 5.41) is 9.02. The van der Waals surface area contributed by atoms with Crippen LogP contribution in [0.1, 0.15) is 65.4 Å². The topological polar surface area (TPSA) is 123 Å². The third-order valence-electron chi connectivity index (χ3n) is 9.97. The van der Waals surface area contributed by atoms with Crippen LogP contribution in [-0.4, -0.2) is 42.6 Å². The molecule has 0 spiro atoms. The average Bonchev–Trinajstić information content (AvgIpc) is 3.26. The molecule has 9 nitrogen and oxygen atoms in total. The Labute approximate surface area is 240 Å². The van der Waals surface area contributed by atoms with Crippen LogP contribution >= 0.6 is 0 Å². The second-order valence-electron chi connectivity index (χ2n) is 12.3. The Morgan fingerprint density at radius 1 is 1.17 bits per heavy atom. The fourth-order valence-corrected chi connectivity index (χ4v) is 8.16. The quantitative estimate of drug-likeness (QED) is 0.257. The maximum Gasteiger partial charge on any atom is 0.433 e. The van der Waals surface area contributed by atoms with Gasteiger partial charge < -0.3 is 10.1 Å². The van der Waals surface area contributed by atoms with Gasteiger partial charge in [-0.05, 0) is 91.5 Å². The van der Waals surface area contributed by atoms with Gasteiger partial charge in [0.05, 0.1) is 6.21 Å². The molecule has 4 aliphatic carbocycles. The van der Waals surface area contributed by atoms with Crippen molar-refractivity contribution in [1.29, 1.82) is 0 Å². The number of allylic oxidation sites excluding steroid dienone is 4. The third-order valence-corrected chi connectivity index (χ3v) is 9.97. The standard InChI is InChI=1S/C32H39N3O6/c1-5-33-29(38)41-34-18-20-7-6-8-22(15-20)35-30(39)40-27-17-32(4)25(19(2)36)11-12-26(32)24-10-9-21-16-23(37)13-14-31(21,3)28(24)27/h6-10,15-16,18,24-28H,5,11-14,17H2,1-4H3,(H,33,38)(H,35,39)/t24-,25+,26-,27-,28-,31+,32+/m0/s1. The molecule has 0 unspecified atom stereocenters. The smallest absolute Gasteiger partial charge is 0.433 e. The molecule has 5 rings (SSSR count). The number of carbonyl (C=O) groups is 4. The van der Waals surface area contributed by atoms with Gasteiger partial charge in [-0.1, -0.05) is 43.3 Å². The molecule has 1 aromatic rings. The number of benzene rings is 1. The number of fused-ring (bicyclic) bond motifs is 5. The van der Waals surface area contributed by atoms with Crippen molar-refractivity contribution in [2.24, 2.45) is 39.7 Å². The minimum Gasteiger partial charge on any atom is -0.446 e. The Balaban J connectivity index is 1.38. The van der Waals surface area contributed by atoms with Gasteiger partial charge in [-0.2, -0.15) is 0 Å². The first kappa shape index (κ1) is 28.8. The first-order chi connectivity index (χ1) is 19.5. The Bertz CT molecular complexity index is 1330. The minimum absolute atomic E-state index is 0.00580. The van der Waals surface area contributed by atoms with Crippen LogP contribution in [0, 0.1) is 34.5 Å². The predicted molar refractivity (Wildman–Crippen MR) is 154 cm³/mol. The summed E-state index contributed by atoms with van der Waals surface area (Å²) in [6.07, 6.45) is 9.42. The molecule has 2 N–H and O–H groups in total. The van der Waals surface area contributed by atoms with E-state index >= 15 is 0 Å². The average molecular weight is 562 g/mol. The molecular weight excluding hydrogens is 522 g/mol. The van der Waals surface area contributed by atoms with E-state index in [2.05, 4.69) is 41.8 Å². The van der Waals surface area contributed by atoms with Crippen molar-refractivity contribution in [2.75, 3.05) is 11.9 Å². The molecule has 0 bridgehead atoms. The molecule has 218 valence electrons. The number of ketones is 2. The zero-order valence-corrected chi connectivity index (χ0v) is 24.1. The second kappa shape index (κ2) is 11.3. The summed E-state index contributed by atoms with van der Waals surface area (Å²) < 4.78 is 6.27. The van der Waals surface area contributed by atoms with Crippen molar-refractivity contribution < 1.29 is 28.8 Å². The van der Waals surface area contributed by atoms with Crippen molar-refractivity contribution in [2.45, 2.75) is 65.9 Å². The fraction of sp³-hybridized carbons (Fsp3) is 0.531. The number of rotatable bonds is 6. The van der Waals surface area contributed by atoms with E-state index < -0.39 is 18.3 Å². The largest absolute Gasteiger partial charge is 0.446 e. The highest BCUT2D eigenvalue weighted by molar-refractivity contribution is 5.92. The number of oxime groups is 1. The fourth-order valence-electron chi connectivity index (χ4n) is 8.16. The Morgan fingerprint density at radius 3 is 2.73 bits per heavy atom. The van der Waals surface area contributed by atoms with E-state index in [1.807, 2.05) is 0 Å². The predicted octanol–water partition coefficient (Wildman–Crippen LogP) is 5.81. The lowest BCUT2D eigenvalue weighted by molar-refractivity contribution is -0.134. The molecule has 0 aliphatic heterocycles. The van der Waals surface area contributed by atoms with Gasteiger partial charge in [-0.15, -0.1) is 0 Å². The van der Waals surface area contributed by atoms with Crippen molar-refractivity contribution in [3.05, 3.63) is 53.6 Å². The molecule has 0 heterocycles. The van der Waals surface area contributed by atoms with Gasteiger partial charge in [-0.25, -0.2) is 9.59 Å². The zero-order valence-electron chi connectivity index (χ0n) is 24.1. The van der Waals surface area contributed by atoms with Crippen LogP contribution in [-0.2, 0) is 19.2 Å². The monoisotopic (exact) mass is 561 g/mol. The van der Waals surface area contributed by atoms with E-state index in [9.17, 15) is 19.2 Å². The van der Waals surface area contributed by atoms with E-state index in [4.69, 9.17) is 9.57 Å². The van der Waals surface area contributed by atoms with Crippen LogP contribution in [0.15, 0.2) is 53.2 Å². The molecule has 0 saturated heterocycles. The summed E-state index contributed by atoms with van der Waals surface area (Å²) in [5.74, 6) is 0.734. The lowest BCUT2D eigenvalue weighted by Crippen LogP contribution is -2.57. The molecule has 41 heavy (non-hydrogen) atoms. The maximum atomic E-state index is 13.4. The number of hydrogen-bond donors (Lipinski definition) is 2. The highest BCUT2D eigenvalue weighted by Gasteiger charge is 2.63. The second-order valence-corrected chi connectivity index (χ2v) is 12.3. The molecule has 0 radical (unpaired) electrons. The number of anilines is 1. The lowest BCUT2D eigenvalue weighted by Gasteiger charge is -2.58. The minimum atomic E-state index is -0.649. The molecule has 7 atom stereocenters. The van der Waals surface area contributed by atoms with Crippen LogP contribution in [0.2, 0.25) is 0 Å². The molecule has 4 aliphatic rings. The molecule has 2 amide bonds. The van der Waals surface area contributed by atoms with E-state index in [1.54, 1.807) is 44.2 Å². The maximum absolute atomic E-state index is 13.4. The molecule has 0 aromatic heterocycles. The number of nitrogens with zero attached hydrogens (tertiary/aromatic N) is 1. The summed E-state index contributed by atoms with van der Waals surface area (Å²) in [7, 11) is 0. The van der Waals surface area contributed by atoms with Crippen molar-refractivity contribution in [3.8, 4) is 0 Å². The van der Waals surface area contributed by atoms with Gasteiger partial charge in [-0.3, -0.25) is 19.7 Å². The molecular formula is C32H39N3O6. The number of hydrogen-bond acceptors (Lipinski definition) is 7. The van der Waals surface area contributed by atoms with Crippen LogP contribution in [0.5, 0.6) is 0 Å². The van der Waals surface area contributed by atoms with Gasteiger partial charge in [0.15, 0.2) is 5.78 Å². The summed E-state index contributed by atoms with van der Waals surface area (Å²) >= 11 is 0. The van der Waals surface area contributed by atoms with E-state index in [1.165, 1.54) is 6.21 Å². The Hall–Kier alpha value is -3.75. The van der Waals surface area contributed by atoms with E-state index in [0.717, 1.165) is 18.4 Å². The van der Waals surface area contributed by atoms with Gasteiger partial charge in [0, 0.05) is 30.5 Å². The highest BCUT2D eigenvalue weighted by atomic mass is 16.7. The summed E-state index contributed by atoms with van der Waals surface area (Å²) in [6.45, 7) is 8.28. The van der Waals surface area contributed by atoms with Crippen molar-refractivity contribution in [3.63, 3.8) is 0 Å². The first-order valence-corrected chi connectivity index (χ1v) is 14.5.